The van der Waals surface area contributed by atoms with Crippen molar-refractivity contribution in [3.05, 3.63) is 0 Å². The summed E-state index contributed by atoms with van der Waals surface area (Å²) >= 11 is 0. The van der Waals surface area contributed by atoms with Crippen molar-refractivity contribution < 1.29 is 14.6 Å². The molecule has 114 valence electrons. The predicted molar refractivity (Wildman–Crippen MR) is 77.6 cm³/mol. The van der Waals surface area contributed by atoms with E-state index in [4.69, 9.17) is 4.74 Å². The van der Waals surface area contributed by atoms with Gasteiger partial charge in [0.25, 0.3) is 0 Å². The third-order valence-corrected chi connectivity index (χ3v) is 6.43. The summed E-state index contributed by atoms with van der Waals surface area (Å²) in [4.78, 5) is 12.1. The molecule has 3 heteroatoms. The fraction of sp³-hybridized carbons (Fsp3) is 0.941. The monoisotopic (exact) mass is 280 g/mol. The zero-order valence-electron chi connectivity index (χ0n) is 12.7. The highest BCUT2D eigenvalue weighted by atomic mass is 16.5. The molecule has 3 fully saturated rings. The fourth-order valence-corrected chi connectivity index (χ4v) is 4.93. The molecule has 1 heterocycles. The molecule has 3 nitrogen and oxygen atoms in total. The first-order valence-electron chi connectivity index (χ1n) is 8.48. The first-order chi connectivity index (χ1) is 9.60. The van der Waals surface area contributed by atoms with Crippen LogP contribution in [0.3, 0.4) is 0 Å². The lowest BCUT2D eigenvalue weighted by Crippen LogP contribution is -2.52. The van der Waals surface area contributed by atoms with E-state index in [1.54, 1.807) is 0 Å². The van der Waals surface area contributed by atoms with Crippen LogP contribution in [0, 0.1) is 17.3 Å². The average molecular weight is 280 g/mol. The maximum absolute atomic E-state index is 12.1. The molecular formula is C17H28O3. The minimum Gasteiger partial charge on any atom is -0.481 e. The van der Waals surface area contributed by atoms with Gasteiger partial charge in [-0.1, -0.05) is 26.2 Å². The van der Waals surface area contributed by atoms with E-state index in [9.17, 15) is 9.90 Å². The van der Waals surface area contributed by atoms with Crippen molar-refractivity contribution in [3.8, 4) is 0 Å². The molecule has 0 amide bonds. The number of hydrogen-bond donors (Lipinski definition) is 1. The van der Waals surface area contributed by atoms with E-state index < -0.39 is 11.4 Å². The number of hydrogen-bond acceptors (Lipinski definition) is 2. The minimum atomic E-state index is -0.531. The van der Waals surface area contributed by atoms with Crippen molar-refractivity contribution >= 4 is 5.97 Å². The lowest BCUT2D eigenvalue weighted by atomic mass is 9.57. The van der Waals surface area contributed by atoms with Gasteiger partial charge in [-0.05, 0) is 56.8 Å². The van der Waals surface area contributed by atoms with Crippen molar-refractivity contribution in [2.24, 2.45) is 17.3 Å². The second kappa shape index (κ2) is 5.32. The van der Waals surface area contributed by atoms with Gasteiger partial charge in [0, 0.05) is 6.61 Å². The molecule has 1 N–H and O–H groups in total. The van der Waals surface area contributed by atoms with Crippen LogP contribution in [0.25, 0.3) is 0 Å². The number of ether oxygens (including phenoxy) is 1. The van der Waals surface area contributed by atoms with Crippen molar-refractivity contribution in [1.82, 2.24) is 0 Å². The van der Waals surface area contributed by atoms with Crippen LogP contribution in [0.2, 0.25) is 0 Å². The maximum atomic E-state index is 12.1. The van der Waals surface area contributed by atoms with Gasteiger partial charge in [-0.25, -0.2) is 0 Å². The van der Waals surface area contributed by atoms with Gasteiger partial charge in [0.05, 0.1) is 11.0 Å². The molecule has 3 rings (SSSR count). The molecule has 2 saturated carbocycles. The van der Waals surface area contributed by atoms with Crippen LogP contribution in [-0.4, -0.2) is 23.3 Å². The van der Waals surface area contributed by atoms with E-state index in [-0.39, 0.29) is 5.60 Å². The third kappa shape index (κ3) is 2.28. The van der Waals surface area contributed by atoms with Gasteiger partial charge in [0.1, 0.15) is 0 Å². The lowest BCUT2D eigenvalue weighted by Gasteiger charge is -2.52. The van der Waals surface area contributed by atoms with Gasteiger partial charge < -0.3 is 9.84 Å². The van der Waals surface area contributed by atoms with E-state index in [0.717, 1.165) is 58.0 Å². The van der Waals surface area contributed by atoms with E-state index in [0.29, 0.717) is 11.8 Å². The molecule has 20 heavy (non-hydrogen) atoms. The van der Waals surface area contributed by atoms with Crippen LogP contribution in [0.15, 0.2) is 0 Å². The molecule has 1 aliphatic heterocycles. The van der Waals surface area contributed by atoms with Gasteiger partial charge in [-0.15, -0.1) is 0 Å². The Bertz CT molecular complexity index is 374. The van der Waals surface area contributed by atoms with Gasteiger partial charge >= 0.3 is 5.97 Å². The Morgan fingerprint density at radius 2 is 2.00 bits per heavy atom. The molecule has 1 spiro atoms. The number of carboxylic acids is 1. The van der Waals surface area contributed by atoms with Crippen molar-refractivity contribution in [3.63, 3.8) is 0 Å². The smallest absolute Gasteiger partial charge is 0.309 e. The quantitative estimate of drug-likeness (QED) is 0.849. The van der Waals surface area contributed by atoms with E-state index in [1.165, 1.54) is 12.8 Å². The summed E-state index contributed by atoms with van der Waals surface area (Å²) in [7, 11) is 0. The molecule has 3 unspecified atom stereocenters. The molecule has 0 aromatic heterocycles. The molecule has 2 aliphatic carbocycles. The Morgan fingerprint density at radius 1 is 1.20 bits per heavy atom. The second-order valence-electron chi connectivity index (χ2n) is 7.41. The summed E-state index contributed by atoms with van der Waals surface area (Å²) in [5.74, 6) is 0.417. The third-order valence-electron chi connectivity index (χ3n) is 6.43. The summed E-state index contributed by atoms with van der Waals surface area (Å²) in [5.41, 5.74) is -0.393. The molecule has 0 aromatic carbocycles. The zero-order chi connectivity index (χ0) is 14.2. The standard InChI is InChI=1S/C17H28O3/c1-2-13-5-3-9-17(11-13,15(18)19)14-6-10-20-16(12-14)7-4-8-16/h13-14H,2-12H2,1H3,(H,18,19). The Labute approximate surface area is 122 Å². The number of carboxylic acid groups (broad SMARTS) is 1. The van der Waals surface area contributed by atoms with Crippen LogP contribution < -0.4 is 0 Å². The van der Waals surface area contributed by atoms with Crippen LogP contribution in [-0.2, 0) is 9.53 Å². The van der Waals surface area contributed by atoms with E-state index >= 15 is 0 Å². The summed E-state index contributed by atoms with van der Waals surface area (Å²) < 4.78 is 6.01. The highest BCUT2D eigenvalue weighted by Crippen LogP contribution is 2.54. The van der Waals surface area contributed by atoms with Gasteiger partial charge in [-0.2, -0.15) is 0 Å². The number of rotatable bonds is 3. The Kier molecular flexibility index (Phi) is 3.83. The molecular weight excluding hydrogens is 252 g/mol. The average Bonchev–Trinajstić information content (AvgIpc) is 2.45. The maximum Gasteiger partial charge on any atom is 0.309 e. The SMILES string of the molecule is CCC1CCCC(C(=O)O)(C2CCOC3(CCC3)C2)C1. The highest BCUT2D eigenvalue weighted by molar-refractivity contribution is 5.75. The zero-order valence-corrected chi connectivity index (χ0v) is 12.7. The topological polar surface area (TPSA) is 46.5 Å². The predicted octanol–water partition coefficient (Wildman–Crippen LogP) is 4.01. The largest absolute Gasteiger partial charge is 0.481 e. The van der Waals surface area contributed by atoms with Crippen molar-refractivity contribution in [2.45, 2.75) is 76.7 Å². The lowest BCUT2D eigenvalue weighted by molar-refractivity contribution is -0.182. The van der Waals surface area contributed by atoms with E-state index in [2.05, 4.69) is 6.92 Å². The van der Waals surface area contributed by atoms with Gasteiger partial charge in [-0.3, -0.25) is 4.79 Å². The number of aliphatic carboxylic acids is 1. The van der Waals surface area contributed by atoms with Crippen LogP contribution in [0.5, 0.6) is 0 Å². The Morgan fingerprint density at radius 3 is 2.60 bits per heavy atom. The summed E-state index contributed by atoms with van der Waals surface area (Å²) in [6.07, 6.45) is 10.7. The Balaban J connectivity index is 1.80. The molecule has 0 radical (unpaired) electrons. The van der Waals surface area contributed by atoms with Crippen molar-refractivity contribution in [1.29, 1.82) is 0 Å². The molecule has 3 aliphatic rings. The van der Waals surface area contributed by atoms with Crippen LogP contribution >= 0.6 is 0 Å². The minimum absolute atomic E-state index is 0.0600. The van der Waals surface area contributed by atoms with Crippen molar-refractivity contribution in [2.75, 3.05) is 6.61 Å². The van der Waals surface area contributed by atoms with E-state index in [1.807, 2.05) is 0 Å². The molecule has 0 bridgehead atoms. The normalized spacial score (nSPS) is 40.2. The number of carbonyl (C=O) groups is 1. The first-order valence-corrected chi connectivity index (χ1v) is 8.48. The summed E-state index contributed by atoms with van der Waals surface area (Å²) in [6.45, 7) is 2.98. The van der Waals surface area contributed by atoms with Crippen LogP contribution in [0.1, 0.15) is 71.1 Å². The first kappa shape index (κ1) is 14.4. The summed E-state index contributed by atoms with van der Waals surface area (Å²) in [5, 5.41) is 9.97. The molecule has 3 atom stereocenters. The van der Waals surface area contributed by atoms with Crippen LogP contribution in [0.4, 0.5) is 0 Å². The molecule has 0 aromatic rings. The molecule has 1 saturated heterocycles. The second-order valence-corrected chi connectivity index (χ2v) is 7.41. The fourth-order valence-electron chi connectivity index (χ4n) is 4.93. The Hall–Kier alpha value is -0.570. The highest BCUT2D eigenvalue weighted by Gasteiger charge is 2.53. The van der Waals surface area contributed by atoms with Gasteiger partial charge in [0.2, 0.25) is 0 Å². The van der Waals surface area contributed by atoms with Gasteiger partial charge in [0.15, 0.2) is 0 Å². The summed E-state index contributed by atoms with van der Waals surface area (Å²) in [6, 6.07) is 0.